The summed E-state index contributed by atoms with van der Waals surface area (Å²) in [4.78, 5) is 0. The Hall–Kier alpha value is -9.13. The van der Waals surface area contributed by atoms with Gasteiger partial charge < -0.3 is 9.13 Å². The molecule has 0 aliphatic carbocycles. The number of hydrogen-bond donors (Lipinski definition) is 0. The van der Waals surface area contributed by atoms with Gasteiger partial charge in [-0.3, -0.25) is 0 Å². The number of rotatable bonds is 7. The minimum Gasteiger partial charge on any atom is -0.308 e. The SMILES string of the molecule is Cc1cccc(-c2ccc3c4ccc(-c5cccc(C)c5)cc4n(-c4cc(-c5ccc(C(F)(F)F)cc5C(F)(F)F)cc(-n5c6cc(-c7cccc(C)c7)ccc6c6ccc(-c7cccc(C)c7)cc65)c4C#N)c3c2)c1. The van der Waals surface area contributed by atoms with Gasteiger partial charge in [0.2, 0.25) is 0 Å². The smallest absolute Gasteiger partial charge is 0.308 e. The summed E-state index contributed by atoms with van der Waals surface area (Å²) < 4.78 is 93.6. The molecule has 2 heterocycles. The molecule has 0 spiro atoms. The van der Waals surface area contributed by atoms with E-state index in [1.54, 1.807) is 0 Å². The lowest BCUT2D eigenvalue weighted by atomic mass is 9.94. The van der Waals surface area contributed by atoms with Gasteiger partial charge in [-0.15, -0.1) is 0 Å². The first-order chi connectivity index (χ1) is 36.5. The van der Waals surface area contributed by atoms with Crippen LogP contribution in [0.25, 0.3) is 111 Å². The van der Waals surface area contributed by atoms with E-state index in [4.69, 9.17) is 0 Å². The molecular weight excluding hydrogens is 961 g/mol. The third kappa shape index (κ3) is 8.36. The van der Waals surface area contributed by atoms with Crippen LogP contribution in [0.5, 0.6) is 0 Å². The molecule has 12 rings (SSSR count). The van der Waals surface area contributed by atoms with Crippen LogP contribution in [0.3, 0.4) is 0 Å². The van der Waals surface area contributed by atoms with Crippen molar-refractivity contribution < 1.29 is 26.3 Å². The fourth-order valence-electron chi connectivity index (χ4n) is 11.0. The van der Waals surface area contributed by atoms with E-state index in [0.717, 1.165) is 94.4 Å². The van der Waals surface area contributed by atoms with Gasteiger partial charge >= 0.3 is 12.4 Å². The van der Waals surface area contributed by atoms with Gasteiger partial charge in [0.15, 0.2) is 0 Å². The molecule has 0 amide bonds. The molecular formula is C67H45F6N3. The Bertz CT molecular complexity index is 3950. The second-order valence-corrected chi connectivity index (χ2v) is 19.8. The molecule has 0 saturated carbocycles. The van der Waals surface area contributed by atoms with Crippen molar-refractivity contribution in [1.82, 2.24) is 9.13 Å². The van der Waals surface area contributed by atoms with Gasteiger partial charge in [0.25, 0.3) is 0 Å². The number of fused-ring (bicyclic) bond motifs is 6. The lowest BCUT2D eigenvalue weighted by Gasteiger charge is -2.21. The number of aromatic nitrogens is 2. The summed E-state index contributed by atoms with van der Waals surface area (Å²) >= 11 is 0. The van der Waals surface area contributed by atoms with Crippen molar-refractivity contribution in [2.75, 3.05) is 0 Å². The summed E-state index contributed by atoms with van der Waals surface area (Å²) in [6.45, 7) is 8.04. The topological polar surface area (TPSA) is 33.6 Å². The second kappa shape index (κ2) is 18.1. The summed E-state index contributed by atoms with van der Waals surface area (Å²) in [5, 5.41) is 15.2. The van der Waals surface area contributed by atoms with Gasteiger partial charge in [-0.25, -0.2) is 0 Å². The maximum atomic E-state index is 15.5. The number of benzene rings is 10. The highest BCUT2D eigenvalue weighted by Crippen LogP contribution is 2.46. The summed E-state index contributed by atoms with van der Waals surface area (Å²) in [6.07, 6.45) is -10.3. The predicted molar refractivity (Wildman–Crippen MR) is 296 cm³/mol. The van der Waals surface area contributed by atoms with Crippen molar-refractivity contribution in [3.63, 3.8) is 0 Å². The largest absolute Gasteiger partial charge is 0.417 e. The fourth-order valence-corrected chi connectivity index (χ4v) is 11.0. The number of aryl methyl sites for hydroxylation is 4. The Morgan fingerprint density at radius 3 is 0.961 bits per heavy atom. The van der Waals surface area contributed by atoms with Gasteiger partial charge in [-0.05, 0) is 132 Å². The van der Waals surface area contributed by atoms with Crippen molar-refractivity contribution in [3.8, 4) is 73.1 Å². The zero-order valence-corrected chi connectivity index (χ0v) is 41.7. The van der Waals surface area contributed by atoms with E-state index in [9.17, 15) is 18.4 Å². The first kappa shape index (κ1) is 47.8. The molecule has 12 aromatic rings. The van der Waals surface area contributed by atoms with Crippen LogP contribution in [-0.2, 0) is 12.4 Å². The van der Waals surface area contributed by atoms with Crippen molar-refractivity contribution in [1.29, 1.82) is 5.26 Å². The van der Waals surface area contributed by atoms with Gasteiger partial charge in [0.1, 0.15) is 11.6 Å². The highest BCUT2D eigenvalue weighted by atomic mass is 19.4. The van der Waals surface area contributed by atoms with Crippen LogP contribution < -0.4 is 0 Å². The maximum absolute atomic E-state index is 15.5. The van der Waals surface area contributed by atoms with Crippen molar-refractivity contribution in [2.45, 2.75) is 40.0 Å². The molecule has 0 radical (unpaired) electrons. The number of nitrogens with zero attached hydrogens (tertiary/aromatic N) is 3. The minimum absolute atomic E-state index is 0.0376. The summed E-state index contributed by atoms with van der Waals surface area (Å²) in [6, 6.07) is 64.1. The quantitative estimate of drug-likeness (QED) is 0.147. The van der Waals surface area contributed by atoms with Gasteiger partial charge in [0.05, 0.1) is 44.6 Å². The summed E-state index contributed by atoms with van der Waals surface area (Å²) in [7, 11) is 0. The van der Waals surface area contributed by atoms with Gasteiger partial charge in [-0.1, -0.05) is 174 Å². The lowest BCUT2D eigenvalue weighted by Crippen LogP contribution is -2.12. The highest BCUT2D eigenvalue weighted by Gasteiger charge is 2.39. The first-order valence-corrected chi connectivity index (χ1v) is 24.8. The van der Waals surface area contributed by atoms with Crippen LogP contribution in [0.15, 0.2) is 200 Å². The third-order valence-corrected chi connectivity index (χ3v) is 14.6. The Labute approximate surface area is 434 Å². The third-order valence-electron chi connectivity index (χ3n) is 14.6. The number of hydrogen-bond acceptors (Lipinski definition) is 1. The Kier molecular flexibility index (Phi) is 11.4. The Morgan fingerprint density at radius 2 is 0.671 bits per heavy atom. The Morgan fingerprint density at radius 1 is 0.342 bits per heavy atom. The second-order valence-electron chi connectivity index (χ2n) is 19.8. The molecule has 10 aromatic carbocycles. The van der Waals surface area contributed by atoms with Crippen LogP contribution in [-0.4, -0.2) is 9.13 Å². The van der Waals surface area contributed by atoms with E-state index in [1.165, 1.54) is 12.1 Å². The molecule has 0 unspecified atom stereocenters. The lowest BCUT2D eigenvalue weighted by molar-refractivity contribution is -0.142. The molecule has 9 heteroatoms. The average Bonchev–Trinajstić information content (AvgIpc) is 4.13. The average molecular weight is 1010 g/mol. The highest BCUT2D eigenvalue weighted by molar-refractivity contribution is 6.13. The minimum atomic E-state index is -5.21. The molecule has 0 N–H and O–H groups in total. The van der Waals surface area contributed by atoms with E-state index in [2.05, 4.69) is 30.3 Å². The molecule has 3 nitrogen and oxygen atoms in total. The van der Waals surface area contributed by atoms with Crippen LogP contribution in [0.2, 0.25) is 0 Å². The standard InChI is InChI=1S/C67H45F6N3/c1-39-9-5-13-43(27-39)47-17-22-54-55-23-18-48(44-14-6-10-40(2)28-44)32-61(55)75(60(54)31-47)64-35-51(53-26-21-52(66(68,69)70)37-59(53)67(71,72)73)36-65(58(64)38-74)76-62-33-49(45-15-7-11-41(3)29-45)19-24-56(62)57-25-20-50(34-63(57)76)46-16-8-12-42(4)30-46/h5-37H,1-4H3. The zero-order chi connectivity index (χ0) is 52.8. The predicted octanol–water partition coefficient (Wildman–Crippen LogP) is 19.4. The molecule has 0 saturated heterocycles. The van der Waals surface area contributed by atoms with Crippen LogP contribution in [0.4, 0.5) is 26.3 Å². The van der Waals surface area contributed by atoms with Crippen molar-refractivity contribution >= 4 is 43.6 Å². The normalized spacial score (nSPS) is 12.1. The molecule has 0 fully saturated rings. The number of alkyl halides is 6. The van der Waals surface area contributed by atoms with E-state index in [-0.39, 0.29) is 28.6 Å². The monoisotopic (exact) mass is 1010 g/mol. The maximum Gasteiger partial charge on any atom is 0.417 e. The molecule has 2 aromatic heterocycles. The van der Waals surface area contributed by atoms with E-state index < -0.39 is 29.0 Å². The summed E-state index contributed by atoms with van der Waals surface area (Å²) in [5.41, 5.74) is 11.3. The fraction of sp³-hybridized carbons (Fsp3) is 0.0896. The van der Waals surface area contributed by atoms with Gasteiger partial charge in [0, 0.05) is 21.5 Å². The number of nitriles is 1. The molecule has 0 aliphatic heterocycles. The van der Waals surface area contributed by atoms with E-state index >= 15 is 13.2 Å². The van der Waals surface area contributed by atoms with Crippen LogP contribution >= 0.6 is 0 Å². The molecule has 0 atom stereocenters. The summed E-state index contributed by atoms with van der Waals surface area (Å²) in [5.74, 6) is 0. The van der Waals surface area contributed by atoms with E-state index in [1.807, 2.05) is 182 Å². The molecule has 76 heavy (non-hydrogen) atoms. The van der Waals surface area contributed by atoms with Crippen molar-refractivity contribution in [2.24, 2.45) is 0 Å². The van der Waals surface area contributed by atoms with Gasteiger partial charge in [-0.2, -0.15) is 31.6 Å². The molecule has 0 bridgehead atoms. The van der Waals surface area contributed by atoms with Crippen LogP contribution in [0.1, 0.15) is 38.9 Å². The van der Waals surface area contributed by atoms with Crippen molar-refractivity contribution in [3.05, 3.63) is 239 Å². The first-order valence-electron chi connectivity index (χ1n) is 24.8. The molecule has 370 valence electrons. The van der Waals surface area contributed by atoms with E-state index in [0.29, 0.717) is 28.1 Å². The number of halogens is 6. The molecule has 0 aliphatic rings. The zero-order valence-electron chi connectivity index (χ0n) is 41.7. The van der Waals surface area contributed by atoms with Crippen LogP contribution in [0, 0.1) is 39.0 Å². The Balaban J connectivity index is 1.26.